The van der Waals surface area contributed by atoms with E-state index in [2.05, 4.69) is 16.4 Å². The van der Waals surface area contributed by atoms with Crippen LogP contribution in [0.4, 0.5) is 5.00 Å². The zero-order chi connectivity index (χ0) is 22.1. The van der Waals surface area contributed by atoms with Crippen molar-refractivity contribution < 1.29 is 4.79 Å². The highest BCUT2D eigenvalue weighted by Crippen LogP contribution is 2.34. The minimum Gasteiger partial charge on any atom is -0.312 e. The van der Waals surface area contributed by atoms with Crippen LogP contribution in [-0.4, -0.2) is 15.9 Å². The minimum atomic E-state index is -0.249. The Balaban J connectivity index is 1.88. The second kappa shape index (κ2) is 8.29. The summed E-state index contributed by atoms with van der Waals surface area (Å²) >= 11 is 1.44. The number of nitrogens with one attached hydrogen (secondary N) is 1. The maximum Gasteiger partial charge on any atom is 0.257 e. The predicted octanol–water partition coefficient (Wildman–Crippen LogP) is 5.97. The third-order valence-corrected chi connectivity index (χ3v) is 6.67. The van der Waals surface area contributed by atoms with Crippen LogP contribution >= 0.6 is 11.3 Å². The number of anilines is 1. The van der Waals surface area contributed by atoms with E-state index in [0.29, 0.717) is 21.8 Å². The summed E-state index contributed by atoms with van der Waals surface area (Å²) in [6, 6.07) is 11.8. The second-order valence-electron chi connectivity index (χ2n) is 7.46. The van der Waals surface area contributed by atoms with Gasteiger partial charge in [0.2, 0.25) is 0 Å². The molecule has 4 rings (SSSR count). The molecule has 0 aliphatic carbocycles. The first kappa shape index (κ1) is 20.7. The molecule has 0 spiro atoms. The van der Waals surface area contributed by atoms with Crippen molar-refractivity contribution in [2.45, 2.75) is 34.1 Å². The van der Waals surface area contributed by atoms with E-state index in [4.69, 9.17) is 4.98 Å². The molecule has 5 nitrogen and oxygen atoms in total. The molecule has 0 fully saturated rings. The molecule has 0 atom stereocenters. The third-order valence-electron chi connectivity index (χ3n) is 5.61. The van der Waals surface area contributed by atoms with Gasteiger partial charge in [0.25, 0.3) is 5.91 Å². The second-order valence-corrected chi connectivity index (χ2v) is 8.69. The fraction of sp³-hybridized carbons (Fsp3) is 0.200. The number of fused-ring (bicyclic) bond motifs is 1. The maximum atomic E-state index is 13.4. The van der Waals surface area contributed by atoms with Gasteiger partial charge in [0.15, 0.2) is 0 Å². The topological polar surface area (TPSA) is 78.7 Å². The molecule has 0 aliphatic heterocycles. The molecule has 0 bridgehead atoms. The lowest BCUT2D eigenvalue weighted by molar-refractivity contribution is 0.102. The van der Waals surface area contributed by atoms with Gasteiger partial charge in [0.1, 0.15) is 11.1 Å². The molecule has 1 aromatic carbocycles. The van der Waals surface area contributed by atoms with Gasteiger partial charge in [-0.1, -0.05) is 19.1 Å². The minimum absolute atomic E-state index is 0.249. The van der Waals surface area contributed by atoms with Gasteiger partial charge < -0.3 is 5.32 Å². The van der Waals surface area contributed by atoms with E-state index in [0.717, 1.165) is 44.5 Å². The summed E-state index contributed by atoms with van der Waals surface area (Å²) < 4.78 is 0. The first-order valence-corrected chi connectivity index (χ1v) is 10.9. The Bertz CT molecular complexity index is 1350. The largest absolute Gasteiger partial charge is 0.312 e. The van der Waals surface area contributed by atoms with Gasteiger partial charge in [-0.3, -0.25) is 9.78 Å². The van der Waals surface area contributed by atoms with Gasteiger partial charge >= 0.3 is 0 Å². The quantitative estimate of drug-likeness (QED) is 0.436. The summed E-state index contributed by atoms with van der Waals surface area (Å²) in [5.74, 6) is -0.249. The van der Waals surface area contributed by atoms with Crippen LogP contribution in [0.15, 0.2) is 42.7 Å². The molecule has 1 N–H and O–H groups in total. The predicted molar refractivity (Wildman–Crippen MR) is 126 cm³/mol. The molecular formula is C25H22N4OS. The summed E-state index contributed by atoms with van der Waals surface area (Å²) in [6.07, 6.45) is 4.20. The number of hydrogen-bond acceptors (Lipinski definition) is 5. The monoisotopic (exact) mass is 426 g/mol. The van der Waals surface area contributed by atoms with Crippen molar-refractivity contribution in [1.29, 1.82) is 5.26 Å². The molecule has 0 radical (unpaired) electrons. The number of thiophene rings is 1. The number of nitriles is 1. The molecule has 3 aromatic heterocycles. The molecule has 1 amide bonds. The Labute approximate surface area is 185 Å². The molecular weight excluding hydrogens is 404 g/mol. The molecule has 0 aliphatic rings. The Morgan fingerprint density at radius 1 is 1.23 bits per heavy atom. The molecule has 4 aromatic rings. The lowest BCUT2D eigenvalue weighted by atomic mass is 9.99. The van der Waals surface area contributed by atoms with Crippen LogP contribution in [0.2, 0.25) is 0 Å². The number of hydrogen-bond donors (Lipinski definition) is 1. The highest BCUT2D eigenvalue weighted by molar-refractivity contribution is 7.16. The van der Waals surface area contributed by atoms with Crippen molar-refractivity contribution in [3.8, 4) is 17.3 Å². The van der Waals surface area contributed by atoms with E-state index in [9.17, 15) is 10.1 Å². The lowest BCUT2D eigenvalue weighted by Crippen LogP contribution is -2.13. The number of aryl methyl sites for hydroxylation is 3. The molecule has 31 heavy (non-hydrogen) atoms. The molecule has 6 heteroatoms. The molecule has 3 heterocycles. The van der Waals surface area contributed by atoms with Crippen molar-refractivity contribution >= 4 is 33.1 Å². The molecule has 154 valence electrons. The van der Waals surface area contributed by atoms with Gasteiger partial charge in [-0.15, -0.1) is 11.3 Å². The molecule has 0 saturated heterocycles. The van der Waals surface area contributed by atoms with Crippen LogP contribution in [0.5, 0.6) is 0 Å². The SMILES string of the molecule is CCc1c(C)sc(NC(=O)c2cc(-c3cccnc3)nc3c(C)c(C)ccc23)c1C#N. The maximum absolute atomic E-state index is 13.4. The first-order chi connectivity index (χ1) is 14.9. The van der Waals surface area contributed by atoms with Crippen molar-refractivity contribution in [2.24, 2.45) is 0 Å². The number of carbonyl (C=O) groups excluding carboxylic acids is 1. The summed E-state index contributed by atoms with van der Waals surface area (Å²) in [6.45, 7) is 8.05. The van der Waals surface area contributed by atoms with E-state index < -0.39 is 0 Å². The standard InChI is InChI=1S/C25H22N4OS/c1-5-18-16(4)31-25(21(18)12-26)29-24(30)20-11-22(17-7-6-10-27-13-17)28-23-15(3)14(2)8-9-19(20)23/h6-11,13H,5H2,1-4H3,(H,29,30). The number of nitrogens with zero attached hydrogens (tertiary/aromatic N) is 3. The average molecular weight is 427 g/mol. The number of aromatic nitrogens is 2. The Hall–Kier alpha value is -3.56. The van der Waals surface area contributed by atoms with Crippen LogP contribution in [0.3, 0.4) is 0 Å². The van der Waals surface area contributed by atoms with E-state index in [1.165, 1.54) is 11.3 Å². The summed E-state index contributed by atoms with van der Waals surface area (Å²) in [4.78, 5) is 23.5. The summed E-state index contributed by atoms with van der Waals surface area (Å²) in [5.41, 5.74) is 6.55. The Morgan fingerprint density at radius 3 is 2.71 bits per heavy atom. The van der Waals surface area contributed by atoms with Crippen LogP contribution in [0.25, 0.3) is 22.2 Å². The first-order valence-electron chi connectivity index (χ1n) is 10.1. The van der Waals surface area contributed by atoms with Gasteiger partial charge in [0.05, 0.1) is 22.3 Å². The number of rotatable bonds is 4. The highest BCUT2D eigenvalue weighted by atomic mass is 32.1. The van der Waals surface area contributed by atoms with E-state index >= 15 is 0 Å². The normalized spacial score (nSPS) is 10.8. The van der Waals surface area contributed by atoms with Gasteiger partial charge in [-0.2, -0.15) is 5.26 Å². The van der Waals surface area contributed by atoms with Crippen molar-refractivity contribution in [3.05, 3.63) is 75.4 Å². The number of amides is 1. The third kappa shape index (κ3) is 3.69. The average Bonchev–Trinajstić information content (AvgIpc) is 3.09. The van der Waals surface area contributed by atoms with Crippen LogP contribution in [0, 0.1) is 32.1 Å². The number of benzene rings is 1. The summed E-state index contributed by atoms with van der Waals surface area (Å²) in [7, 11) is 0. The Morgan fingerprint density at radius 2 is 2.03 bits per heavy atom. The van der Waals surface area contributed by atoms with Gasteiger partial charge in [-0.25, -0.2) is 4.98 Å². The number of pyridine rings is 2. The van der Waals surface area contributed by atoms with E-state index in [1.807, 2.05) is 52.0 Å². The van der Waals surface area contributed by atoms with Crippen molar-refractivity contribution in [1.82, 2.24) is 9.97 Å². The van der Waals surface area contributed by atoms with E-state index in [-0.39, 0.29) is 5.91 Å². The zero-order valence-electron chi connectivity index (χ0n) is 17.9. The number of carbonyl (C=O) groups is 1. The molecule has 0 saturated carbocycles. The fourth-order valence-corrected chi connectivity index (χ4v) is 4.85. The highest BCUT2D eigenvalue weighted by Gasteiger charge is 2.20. The lowest BCUT2D eigenvalue weighted by Gasteiger charge is -2.13. The van der Waals surface area contributed by atoms with Gasteiger partial charge in [-0.05, 0) is 62.1 Å². The van der Waals surface area contributed by atoms with Crippen LogP contribution in [-0.2, 0) is 6.42 Å². The van der Waals surface area contributed by atoms with Crippen molar-refractivity contribution in [3.63, 3.8) is 0 Å². The summed E-state index contributed by atoms with van der Waals surface area (Å²) in [5, 5.41) is 14.0. The molecule has 0 unspecified atom stereocenters. The van der Waals surface area contributed by atoms with Crippen LogP contribution < -0.4 is 5.32 Å². The van der Waals surface area contributed by atoms with Gasteiger partial charge in [0, 0.05) is 28.2 Å². The Kier molecular flexibility index (Phi) is 5.53. The van der Waals surface area contributed by atoms with Crippen molar-refractivity contribution in [2.75, 3.05) is 5.32 Å². The zero-order valence-corrected chi connectivity index (χ0v) is 18.7. The smallest absolute Gasteiger partial charge is 0.257 e. The van der Waals surface area contributed by atoms with E-state index in [1.54, 1.807) is 18.5 Å². The van der Waals surface area contributed by atoms with Crippen LogP contribution in [0.1, 0.15) is 44.4 Å². The fourth-order valence-electron chi connectivity index (χ4n) is 3.76.